The fourth-order valence-corrected chi connectivity index (χ4v) is 3.13. The van der Waals surface area contributed by atoms with E-state index in [1.165, 1.54) is 4.90 Å². The van der Waals surface area contributed by atoms with E-state index in [9.17, 15) is 14.4 Å². The molecule has 1 rings (SSSR count). The summed E-state index contributed by atoms with van der Waals surface area (Å²) in [6, 6.07) is -0.891. The second-order valence-corrected chi connectivity index (χ2v) is 10.5. The Morgan fingerprint density at radius 3 is 2.04 bits per heavy atom. The minimum absolute atomic E-state index is 0.223. The van der Waals surface area contributed by atoms with Crippen LogP contribution in [0.15, 0.2) is 0 Å². The van der Waals surface area contributed by atoms with Gasteiger partial charge in [-0.3, -0.25) is 14.5 Å². The summed E-state index contributed by atoms with van der Waals surface area (Å²) in [6.45, 7) is 18.5. The molecule has 1 N–H and O–H groups in total. The second-order valence-electron chi connectivity index (χ2n) is 10.5. The summed E-state index contributed by atoms with van der Waals surface area (Å²) in [5.74, 6) is -2.10. The summed E-state index contributed by atoms with van der Waals surface area (Å²) in [4.78, 5) is 40.2. The van der Waals surface area contributed by atoms with E-state index in [0.29, 0.717) is 12.3 Å². The van der Waals surface area contributed by atoms with Gasteiger partial charge in [-0.15, -0.1) is 0 Å². The topological polar surface area (TPSA) is 84.9 Å². The minimum atomic E-state index is -1.25. The number of rotatable bonds is 6. The number of hydrogen-bond donors (Lipinski definition) is 1. The van der Waals surface area contributed by atoms with Gasteiger partial charge >= 0.3 is 5.97 Å². The van der Waals surface area contributed by atoms with Crippen LogP contribution in [0.2, 0.25) is 0 Å². The van der Waals surface area contributed by atoms with Gasteiger partial charge in [0.05, 0.1) is 0 Å². The van der Waals surface area contributed by atoms with Crippen LogP contribution in [0.4, 0.5) is 0 Å². The second kappa shape index (κ2) is 8.39. The largest absolute Gasteiger partial charge is 0.430 e. The molecule has 2 atom stereocenters. The lowest BCUT2D eigenvalue weighted by Crippen LogP contribution is -2.62. The number of nitrogens with one attached hydrogen (secondary N) is 1. The van der Waals surface area contributed by atoms with E-state index in [1.807, 2.05) is 55.4 Å². The third kappa shape index (κ3) is 6.76. The predicted molar refractivity (Wildman–Crippen MR) is 107 cm³/mol. The Hall–Kier alpha value is -1.63. The highest BCUT2D eigenvalue weighted by Crippen LogP contribution is 2.33. The molecule has 1 aliphatic rings. The number of nitrogens with zero attached hydrogens (tertiary/aromatic N) is 1. The molecule has 7 nitrogen and oxygen atoms in total. The van der Waals surface area contributed by atoms with Crippen LogP contribution in [-0.2, 0) is 23.9 Å². The van der Waals surface area contributed by atoms with Crippen molar-refractivity contribution in [2.24, 2.45) is 11.3 Å². The Kier molecular flexibility index (Phi) is 7.32. The van der Waals surface area contributed by atoms with Crippen molar-refractivity contribution in [3.05, 3.63) is 0 Å². The molecule has 2 amide bonds. The van der Waals surface area contributed by atoms with Crippen molar-refractivity contribution in [2.45, 2.75) is 106 Å². The number of amides is 2. The minimum Gasteiger partial charge on any atom is -0.430 e. The van der Waals surface area contributed by atoms with Gasteiger partial charge < -0.3 is 14.8 Å². The monoisotopic (exact) mass is 398 g/mol. The first-order valence-electron chi connectivity index (χ1n) is 9.98. The highest BCUT2D eigenvalue weighted by Gasteiger charge is 2.52. The first-order valence-corrected chi connectivity index (χ1v) is 9.98. The summed E-state index contributed by atoms with van der Waals surface area (Å²) in [5, 5.41) is 2.94. The van der Waals surface area contributed by atoms with Crippen LogP contribution in [0, 0.1) is 11.3 Å². The molecule has 7 heteroatoms. The fraction of sp³-hybridized carbons (Fsp3) is 0.857. The molecule has 0 aromatic heterocycles. The average molecular weight is 399 g/mol. The standard InChI is InChI=1S/C21H38N2O5/c1-13(2)11-12-14(24)23(17-18(26)28-21(9,10)27-17)15(19(3,4)5)16(25)22-20(6,7)8/h13,15,17H,11-12H2,1-10H3,(H,22,25)/t15-,17-/m0/s1. The lowest BCUT2D eigenvalue weighted by atomic mass is 9.83. The zero-order chi connectivity index (χ0) is 22.1. The normalized spacial score (nSPS) is 20.7. The van der Waals surface area contributed by atoms with Crippen molar-refractivity contribution in [1.82, 2.24) is 10.2 Å². The first-order chi connectivity index (χ1) is 12.4. The molecular weight excluding hydrogens is 360 g/mol. The molecule has 1 heterocycles. The summed E-state index contributed by atoms with van der Waals surface area (Å²) in [6.07, 6.45) is -0.372. The van der Waals surface area contributed by atoms with Crippen molar-refractivity contribution in [2.75, 3.05) is 0 Å². The van der Waals surface area contributed by atoms with Gasteiger partial charge in [0, 0.05) is 25.8 Å². The zero-order valence-electron chi connectivity index (χ0n) is 19.1. The van der Waals surface area contributed by atoms with E-state index in [0.717, 1.165) is 0 Å². The van der Waals surface area contributed by atoms with Crippen LogP contribution >= 0.6 is 0 Å². The van der Waals surface area contributed by atoms with Gasteiger partial charge in [0.15, 0.2) is 0 Å². The number of carbonyl (C=O) groups is 3. The molecule has 0 unspecified atom stereocenters. The van der Waals surface area contributed by atoms with E-state index >= 15 is 0 Å². The number of esters is 1. The van der Waals surface area contributed by atoms with E-state index < -0.39 is 35.0 Å². The molecule has 0 spiro atoms. The Bertz CT molecular complexity index is 599. The molecule has 1 fully saturated rings. The van der Waals surface area contributed by atoms with E-state index in [2.05, 4.69) is 5.32 Å². The Morgan fingerprint density at radius 1 is 1.14 bits per heavy atom. The van der Waals surface area contributed by atoms with Gasteiger partial charge in [0.1, 0.15) is 6.04 Å². The van der Waals surface area contributed by atoms with Crippen molar-refractivity contribution >= 4 is 17.8 Å². The van der Waals surface area contributed by atoms with Crippen LogP contribution < -0.4 is 5.32 Å². The highest BCUT2D eigenvalue weighted by molar-refractivity contribution is 5.92. The molecule has 0 aromatic rings. The van der Waals surface area contributed by atoms with Crippen LogP contribution in [0.25, 0.3) is 0 Å². The molecule has 0 saturated carbocycles. The SMILES string of the molecule is CC(C)CCC(=O)N([C@@H](C(=O)NC(C)(C)C)C(C)(C)C)[C@H]1OC(C)(C)OC1=O. The zero-order valence-corrected chi connectivity index (χ0v) is 19.1. The van der Waals surface area contributed by atoms with Crippen molar-refractivity contribution < 1.29 is 23.9 Å². The molecule has 28 heavy (non-hydrogen) atoms. The van der Waals surface area contributed by atoms with Crippen LogP contribution in [0.5, 0.6) is 0 Å². The molecule has 0 aliphatic carbocycles. The maximum atomic E-state index is 13.2. The first kappa shape index (κ1) is 24.4. The lowest BCUT2D eigenvalue weighted by molar-refractivity contribution is -0.181. The predicted octanol–water partition coefficient (Wildman–Crippen LogP) is 3.22. The number of ether oxygens (including phenoxy) is 2. The highest BCUT2D eigenvalue weighted by atomic mass is 16.8. The Labute approximate surface area is 169 Å². The van der Waals surface area contributed by atoms with Gasteiger partial charge in [-0.1, -0.05) is 34.6 Å². The van der Waals surface area contributed by atoms with E-state index in [4.69, 9.17) is 9.47 Å². The van der Waals surface area contributed by atoms with Crippen LogP contribution in [0.1, 0.15) is 82.1 Å². The molecule has 0 radical (unpaired) electrons. The van der Waals surface area contributed by atoms with Gasteiger partial charge in [0.2, 0.25) is 23.8 Å². The summed E-state index contributed by atoms with van der Waals surface area (Å²) in [5.41, 5.74) is -1.11. The van der Waals surface area contributed by atoms with Crippen molar-refractivity contribution in [1.29, 1.82) is 0 Å². The Morgan fingerprint density at radius 2 is 1.68 bits per heavy atom. The third-order valence-electron chi connectivity index (χ3n) is 4.26. The van der Waals surface area contributed by atoms with Gasteiger partial charge in [-0.2, -0.15) is 0 Å². The number of carbonyl (C=O) groups excluding carboxylic acids is 3. The van der Waals surface area contributed by atoms with Crippen molar-refractivity contribution in [3.8, 4) is 0 Å². The maximum absolute atomic E-state index is 13.2. The van der Waals surface area contributed by atoms with E-state index in [1.54, 1.807) is 13.8 Å². The Balaban J connectivity index is 3.37. The number of cyclic esters (lactones) is 1. The fourth-order valence-electron chi connectivity index (χ4n) is 3.13. The smallest absolute Gasteiger partial charge is 0.359 e. The van der Waals surface area contributed by atoms with Gasteiger partial charge in [-0.25, -0.2) is 4.79 Å². The van der Waals surface area contributed by atoms with Gasteiger partial charge in [-0.05, 0) is 38.5 Å². The molecule has 1 saturated heterocycles. The van der Waals surface area contributed by atoms with E-state index in [-0.39, 0.29) is 18.2 Å². The molecule has 0 aromatic carbocycles. The summed E-state index contributed by atoms with van der Waals surface area (Å²) in [7, 11) is 0. The third-order valence-corrected chi connectivity index (χ3v) is 4.26. The molecule has 162 valence electrons. The maximum Gasteiger partial charge on any atom is 0.359 e. The summed E-state index contributed by atoms with van der Waals surface area (Å²) < 4.78 is 11.0. The van der Waals surface area contributed by atoms with Gasteiger partial charge in [0.25, 0.3) is 0 Å². The van der Waals surface area contributed by atoms with Crippen LogP contribution in [0.3, 0.4) is 0 Å². The summed E-state index contributed by atoms with van der Waals surface area (Å²) >= 11 is 0. The van der Waals surface area contributed by atoms with Crippen molar-refractivity contribution in [3.63, 3.8) is 0 Å². The molecular formula is C21H38N2O5. The average Bonchev–Trinajstić information content (AvgIpc) is 2.71. The van der Waals surface area contributed by atoms with Crippen LogP contribution in [-0.4, -0.2) is 46.3 Å². The molecule has 1 aliphatic heterocycles. The molecule has 0 bridgehead atoms. The number of hydrogen-bond acceptors (Lipinski definition) is 5. The lowest BCUT2D eigenvalue weighted by Gasteiger charge is -2.41. The quantitative estimate of drug-likeness (QED) is 0.695.